The van der Waals surface area contributed by atoms with Gasteiger partial charge in [0.15, 0.2) is 24.8 Å². The Morgan fingerprint density at radius 3 is 2.07 bits per heavy atom. The number of aliphatic hydroxyl groups is 2. The monoisotopic (exact) mass is 859 g/mol. The van der Waals surface area contributed by atoms with Gasteiger partial charge in [-0.25, -0.2) is 4.79 Å². The lowest BCUT2D eigenvalue weighted by molar-refractivity contribution is -0.320. The number of methoxy groups -OCH3 is 2. The van der Waals surface area contributed by atoms with E-state index in [4.69, 9.17) is 42.6 Å². The van der Waals surface area contributed by atoms with E-state index in [9.17, 15) is 29.4 Å². The Labute approximate surface area is 356 Å². The predicted molar refractivity (Wildman–Crippen MR) is 218 cm³/mol. The number of cyclic esters (lactones) is 1. The fraction of sp³-hybridized carbons (Fsp3) is 0.860. The molecule has 3 aliphatic rings. The van der Waals surface area contributed by atoms with Gasteiger partial charge in [-0.2, -0.15) is 0 Å². The summed E-state index contributed by atoms with van der Waals surface area (Å²) in [7, 11) is 6.72. The van der Waals surface area contributed by atoms with E-state index in [-0.39, 0.29) is 31.4 Å². The summed E-state index contributed by atoms with van der Waals surface area (Å²) in [6, 6.07) is -1.26. The summed E-state index contributed by atoms with van der Waals surface area (Å²) in [4.78, 5) is 55.2. The molecular formula is C43H74N2O15. The molecule has 3 rings (SSSR count). The molecule has 3 N–H and O–H groups in total. The van der Waals surface area contributed by atoms with Crippen molar-refractivity contribution in [2.45, 2.75) is 192 Å². The number of amides is 1. The van der Waals surface area contributed by atoms with Gasteiger partial charge in [-0.05, 0) is 81.8 Å². The molecule has 17 nitrogen and oxygen atoms in total. The lowest BCUT2D eigenvalue weighted by atomic mass is 9.77. The second-order valence-electron chi connectivity index (χ2n) is 17.9. The summed E-state index contributed by atoms with van der Waals surface area (Å²) in [6.45, 7) is 21.7. The first-order valence-electron chi connectivity index (χ1n) is 21.1. The zero-order valence-electron chi connectivity index (χ0n) is 38.4. The Bertz CT molecular complexity index is 1480. The molecule has 0 unspecified atom stereocenters. The van der Waals surface area contributed by atoms with Gasteiger partial charge in [-0.15, -0.1) is 0 Å². The van der Waals surface area contributed by atoms with Gasteiger partial charge in [0.25, 0.3) is 0 Å². The molecule has 0 aromatic rings. The van der Waals surface area contributed by atoms with Gasteiger partial charge in [0.05, 0.1) is 48.0 Å². The lowest BCUT2D eigenvalue weighted by Crippen LogP contribution is -2.61. The minimum Gasteiger partial charge on any atom is -0.459 e. The van der Waals surface area contributed by atoms with E-state index in [1.165, 1.54) is 28.1 Å². The number of carbonyl (C=O) groups is 4. The molecule has 0 aromatic carbocycles. The number of nitrogens with zero attached hydrogens (tertiary/aromatic N) is 1. The second-order valence-corrected chi connectivity index (χ2v) is 17.9. The largest absolute Gasteiger partial charge is 0.459 e. The minimum atomic E-state index is -1.99. The molecule has 0 saturated carbocycles. The number of esters is 3. The third-order valence-electron chi connectivity index (χ3n) is 12.8. The summed E-state index contributed by atoms with van der Waals surface area (Å²) >= 11 is 0. The van der Waals surface area contributed by atoms with Crippen LogP contribution in [0.25, 0.3) is 0 Å². The molecule has 3 fully saturated rings. The van der Waals surface area contributed by atoms with Crippen LogP contribution in [-0.4, -0.2) is 158 Å². The second kappa shape index (κ2) is 21.1. The van der Waals surface area contributed by atoms with Crippen LogP contribution in [0.4, 0.5) is 0 Å². The maximum absolute atomic E-state index is 14.5. The maximum Gasteiger partial charge on any atom is 0.330 e. The number of rotatable bonds is 11. The highest BCUT2D eigenvalue weighted by Gasteiger charge is 2.54. The highest BCUT2D eigenvalue weighted by Crippen LogP contribution is 2.42. The molecule has 0 spiro atoms. The molecule has 3 aliphatic heterocycles. The molecule has 3 heterocycles. The van der Waals surface area contributed by atoms with E-state index in [2.05, 4.69) is 11.9 Å². The smallest absolute Gasteiger partial charge is 0.330 e. The average molecular weight is 859 g/mol. The van der Waals surface area contributed by atoms with Crippen molar-refractivity contribution in [3.8, 4) is 0 Å². The zero-order valence-corrected chi connectivity index (χ0v) is 38.4. The van der Waals surface area contributed by atoms with Gasteiger partial charge in [0.2, 0.25) is 5.91 Å². The summed E-state index contributed by atoms with van der Waals surface area (Å²) in [5.41, 5.74) is -4.43. The molecule has 3 saturated heterocycles. The fourth-order valence-electron chi connectivity index (χ4n) is 9.10. The molecule has 1 amide bonds. The van der Waals surface area contributed by atoms with Gasteiger partial charge in [-0.1, -0.05) is 27.4 Å². The van der Waals surface area contributed by atoms with E-state index in [1.54, 1.807) is 48.5 Å². The fourth-order valence-corrected chi connectivity index (χ4v) is 9.10. The Morgan fingerprint density at radius 2 is 1.53 bits per heavy atom. The Hall–Kier alpha value is -2.74. The van der Waals surface area contributed by atoms with Crippen molar-refractivity contribution >= 4 is 23.8 Å². The molecule has 346 valence electrons. The number of likely N-dealkylation sites (N-methyl/N-ethyl adjacent to an activating group) is 1. The van der Waals surface area contributed by atoms with E-state index >= 15 is 0 Å². The van der Waals surface area contributed by atoms with E-state index in [0.29, 0.717) is 6.42 Å². The maximum atomic E-state index is 14.5. The Kier molecular flexibility index (Phi) is 18.1. The first kappa shape index (κ1) is 51.6. The van der Waals surface area contributed by atoms with Crippen LogP contribution in [0.1, 0.15) is 102 Å². The third kappa shape index (κ3) is 11.8. The molecule has 17 heteroatoms. The highest BCUT2D eigenvalue weighted by atomic mass is 16.7. The number of hydrogen-bond donors (Lipinski definition) is 3. The van der Waals surface area contributed by atoms with Crippen molar-refractivity contribution in [2.24, 2.45) is 17.8 Å². The van der Waals surface area contributed by atoms with E-state index < -0.39 is 120 Å². The number of nitrogens with one attached hydrogen (secondary N) is 1. The molecule has 0 bridgehead atoms. The van der Waals surface area contributed by atoms with Crippen LogP contribution in [0, 0.1) is 17.8 Å². The SMILES string of the molecule is C=CC(=O)O[C@H]1[C@H](C)O[C@@H](O[C@H]2[C@H](C)[C@@H](O[C@@H]3O[C@H](C)C[C@H](N(C)C)[C@H]3OC(C)=O)[C@](C)(OC)C[C@@H](C)C(=O)N[C@H](C)[C@@H](O)[C@](C)(O)[C@@H](CC)OC(=O)[C@@H]2C)C[C@@]1(C)OC. The molecule has 0 aromatic heterocycles. The van der Waals surface area contributed by atoms with Crippen LogP contribution in [0.3, 0.4) is 0 Å². The van der Waals surface area contributed by atoms with Crippen molar-refractivity contribution in [1.82, 2.24) is 10.2 Å². The molecular weight excluding hydrogens is 784 g/mol. The van der Waals surface area contributed by atoms with Gasteiger partial charge >= 0.3 is 17.9 Å². The topological polar surface area (TPSA) is 207 Å². The lowest BCUT2D eigenvalue weighted by Gasteiger charge is -2.50. The average Bonchev–Trinajstić information content (AvgIpc) is 3.18. The number of ether oxygens (including phenoxy) is 9. The van der Waals surface area contributed by atoms with Crippen LogP contribution in [0.15, 0.2) is 12.7 Å². The van der Waals surface area contributed by atoms with Crippen LogP contribution in [0.2, 0.25) is 0 Å². The van der Waals surface area contributed by atoms with Gasteiger partial charge in [0, 0.05) is 45.5 Å². The van der Waals surface area contributed by atoms with Crippen molar-refractivity contribution < 1.29 is 72.0 Å². The van der Waals surface area contributed by atoms with E-state index in [1.807, 2.05) is 32.8 Å². The van der Waals surface area contributed by atoms with Crippen LogP contribution in [0.5, 0.6) is 0 Å². The molecule has 0 aliphatic carbocycles. The van der Waals surface area contributed by atoms with Crippen LogP contribution < -0.4 is 5.32 Å². The first-order valence-corrected chi connectivity index (χ1v) is 21.1. The Morgan fingerprint density at radius 1 is 0.933 bits per heavy atom. The van der Waals surface area contributed by atoms with Gasteiger partial charge in [0.1, 0.15) is 23.4 Å². The summed E-state index contributed by atoms with van der Waals surface area (Å²) < 4.78 is 56.6. The van der Waals surface area contributed by atoms with Crippen molar-refractivity contribution in [3.05, 3.63) is 12.7 Å². The van der Waals surface area contributed by atoms with Crippen molar-refractivity contribution in [3.63, 3.8) is 0 Å². The van der Waals surface area contributed by atoms with Gasteiger partial charge < -0.3 is 63.1 Å². The summed E-state index contributed by atoms with van der Waals surface area (Å²) in [5.74, 6) is -5.04. The summed E-state index contributed by atoms with van der Waals surface area (Å²) in [5, 5.41) is 26.0. The number of aliphatic hydroxyl groups excluding tert-OH is 1. The van der Waals surface area contributed by atoms with Crippen molar-refractivity contribution in [1.29, 1.82) is 0 Å². The van der Waals surface area contributed by atoms with E-state index in [0.717, 1.165) is 6.08 Å². The Balaban J connectivity index is 2.28. The van der Waals surface area contributed by atoms with Crippen LogP contribution in [-0.2, 0) is 61.8 Å². The molecule has 60 heavy (non-hydrogen) atoms. The third-order valence-corrected chi connectivity index (χ3v) is 12.8. The predicted octanol–water partition coefficient (Wildman–Crippen LogP) is 3.05. The number of carbonyl (C=O) groups excluding carboxylic acids is 4. The molecule has 18 atom stereocenters. The highest BCUT2D eigenvalue weighted by molar-refractivity contribution is 5.81. The van der Waals surface area contributed by atoms with Gasteiger partial charge in [-0.3, -0.25) is 14.4 Å². The standard InChI is InChI=1S/C43H74N2O15/c1-17-30-43(12,51)35(48)26(7)44-38(49)22(3)20-41(10,52-15)36(60-40-34(56-28(9)46)29(45(13)14)19-23(4)54-40)24(5)33(25(6)39(50)57-30)59-32-21-42(11,53-16)37(27(8)55-32)58-31(47)18-2/h18,22-27,29-30,32-37,40,48,51H,2,17,19-21H2,1,3-16H3,(H,44,49)/t22-,23-,24+,25-,26-,27+,29+,30-,32+,33+,34-,35-,36-,37+,40+,41-,42-,43-/m1/s1. The zero-order chi connectivity index (χ0) is 45.7. The quantitative estimate of drug-likeness (QED) is 0.155. The minimum absolute atomic E-state index is 0.0524. The van der Waals surface area contributed by atoms with Crippen molar-refractivity contribution in [2.75, 3.05) is 28.3 Å². The first-order chi connectivity index (χ1) is 27.8. The van der Waals surface area contributed by atoms with Crippen LogP contribution >= 0.6 is 0 Å². The normalized spacial score (nSPS) is 43.8. The molecule has 0 radical (unpaired) electrons. The summed E-state index contributed by atoms with van der Waals surface area (Å²) in [6.07, 6.45) is -8.10. The number of hydrogen-bond acceptors (Lipinski definition) is 16.